The van der Waals surface area contributed by atoms with Crippen LogP contribution in [0.4, 0.5) is 0 Å². The Hall–Kier alpha value is -1.37. The number of nitrogens with zero attached hydrogens (tertiary/aromatic N) is 1. The number of carbonyl (C=O) groups excluding carboxylic acids is 1. The fraction of sp³-hybridized carbons (Fsp3) is 0.462. The monoisotopic (exact) mass is 263 g/mol. The van der Waals surface area contributed by atoms with Gasteiger partial charge in [0.2, 0.25) is 0 Å². The number of likely N-dealkylation sites (tertiary alicyclic amines) is 1. The van der Waals surface area contributed by atoms with E-state index in [4.69, 9.17) is 4.74 Å². The minimum atomic E-state index is -1.49. The summed E-state index contributed by atoms with van der Waals surface area (Å²) < 4.78 is 4.80. The van der Waals surface area contributed by atoms with Crippen molar-refractivity contribution in [1.82, 2.24) is 4.90 Å². The lowest BCUT2D eigenvalue weighted by Gasteiger charge is -2.23. The van der Waals surface area contributed by atoms with Crippen LogP contribution in [-0.4, -0.2) is 47.7 Å². The molecular formula is C13H18BNO4. The maximum Gasteiger partial charge on any atom is 0.488 e. The van der Waals surface area contributed by atoms with Gasteiger partial charge in [-0.3, -0.25) is 9.69 Å². The lowest BCUT2D eigenvalue weighted by atomic mass is 9.77. The van der Waals surface area contributed by atoms with Crippen molar-refractivity contribution in [3.8, 4) is 0 Å². The third-order valence-corrected chi connectivity index (χ3v) is 3.54. The number of esters is 1. The van der Waals surface area contributed by atoms with E-state index in [1.54, 1.807) is 12.1 Å². The van der Waals surface area contributed by atoms with E-state index in [0.717, 1.165) is 24.9 Å². The van der Waals surface area contributed by atoms with Gasteiger partial charge in [0, 0.05) is 6.54 Å². The SMILES string of the molecule is COC(=O)[C@H]1CCCN1Cc1ccccc1B(O)O. The summed E-state index contributed by atoms with van der Waals surface area (Å²) in [6, 6.07) is 6.92. The van der Waals surface area contributed by atoms with Crippen molar-refractivity contribution in [3.63, 3.8) is 0 Å². The molecule has 1 fully saturated rings. The minimum Gasteiger partial charge on any atom is -0.468 e. The maximum atomic E-state index is 11.7. The van der Waals surface area contributed by atoms with E-state index >= 15 is 0 Å². The van der Waals surface area contributed by atoms with Crippen LogP contribution in [0.3, 0.4) is 0 Å². The Labute approximate surface area is 112 Å². The van der Waals surface area contributed by atoms with Gasteiger partial charge in [0.15, 0.2) is 0 Å². The molecule has 1 aromatic rings. The Morgan fingerprint density at radius 3 is 2.89 bits per heavy atom. The van der Waals surface area contributed by atoms with Crippen LogP contribution in [0.5, 0.6) is 0 Å². The first kappa shape index (κ1) is 14.1. The molecular weight excluding hydrogens is 245 g/mol. The number of hydrogen-bond donors (Lipinski definition) is 2. The van der Waals surface area contributed by atoms with Gasteiger partial charge < -0.3 is 14.8 Å². The van der Waals surface area contributed by atoms with Crippen LogP contribution >= 0.6 is 0 Å². The van der Waals surface area contributed by atoms with Crippen LogP contribution in [0, 0.1) is 0 Å². The Morgan fingerprint density at radius 1 is 1.47 bits per heavy atom. The van der Waals surface area contributed by atoms with Crippen molar-refractivity contribution in [2.24, 2.45) is 0 Å². The highest BCUT2D eigenvalue weighted by Crippen LogP contribution is 2.20. The zero-order chi connectivity index (χ0) is 13.8. The number of hydrogen-bond acceptors (Lipinski definition) is 5. The lowest BCUT2D eigenvalue weighted by molar-refractivity contribution is -0.146. The van der Waals surface area contributed by atoms with E-state index in [2.05, 4.69) is 0 Å². The highest BCUT2D eigenvalue weighted by Gasteiger charge is 2.32. The molecule has 1 aliphatic heterocycles. The summed E-state index contributed by atoms with van der Waals surface area (Å²) in [6.07, 6.45) is 1.74. The van der Waals surface area contributed by atoms with E-state index in [1.807, 2.05) is 17.0 Å². The molecule has 19 heavy (non-hydrogen) atoms. The average Bonchev–Trinajstić information content (AvgIpc) is 2.86. The standard InChI is InChI=1S/C13H18BNO4/c1-19-13(16)12-7-4-8-15(12)9-10-5-2-3-6-11(10)14(17)18/h2-3,5-6,12,17-18H,4,7-9H2,1H3/t12-/m1/s1. The van der Waals surface area contributed by atoms with Crippen molar-refractivity contribution in [2.45, 2.75) is 25.4 Å². The highest BCUT2D eigenvalue weighted by molar-refractivity contribution is 6.59. The largest absolute Gasteiger partial charge is 0.488 e. The summed E-state index contributed by atoms with van der Waals surface area (Å²) >= 11 is 0. The quantitative estimate of drug-likeness (QED) is 0.566. The fourth-order valence-electron chi connectivity index (χ4n) is 2.57. The number of methoxy groups -OCH3 is 1. The summed E-state index contributed by atoms with van der Waals surface area (Å²) in [7, 11) is -0.0973. The first-order valence-corrected chi connectivity index (χ1v) is 6.39. The third-order valence-electron chi connectivity index (χ3n) is 3.54. The second kappa shape index (κ2) is 6.19. The topological polar surface area (TPSA) is 70.0 Å². The second-order valence-electron chi connectivity index (χ2n) is 4.72. The van der Waals surface area contributed by atoms with E-state index in [9.17, 15) is 14.8 Å². The molecule has 1 atom stereocenters. The van der Waals surface area contributed by atoms with Crippen molar-refractivity contribution < 1.29 is 19.6 Å². The Bertz CT molecular complexity index is 452. The molecule has 0 bridgehead atoms. The summed E-state index contributed by atoms with van der Waals surface area (Å²) in [6.45, 7) is 1.34. The first-order valence-electron chi connectivity index (χ1n) is 6.39. The van der Waals surface area contributed by atoms with E-state index in [1.165, 1.54) is 7.11 Å². The summed E-state index contributed by atoms with van der Waals surface area (Å²) in [5.41, 5.74) is 1.31. The Balaban J connectivity index is 2.14. The van der Waals surface area contributed by atoms with Crippen molar-refractivity contribution in [2.75, 3.05) is 13.7 Å². The number of carbonyl (C=O) groups is 1. The molecule has 0 amide bonds. The normalized spacial score (nSPS) is 19.4. The fourth-order valence-corrected chi connectivity index (χ4v) is 2.57. The maximum absolute atomic E-state index is 11.7. The van der Waals surface area contributed by atoms with Crippen LogP contribution < -0.4 is 5.46 Å². The summed E-state index contributed by atoms with van der Waals surface area (Å²) in [5.74, 6) is -0.223. The van der Waals surface area contributed by atoms with Crippen molar-refractivity contribution in [1.29, 1.82) is 0 Å². The molecule has 2 rings (SSSR count). The number of rotatable bonds is 4. The van der Waals surface area contributed by atoms with E-state index in [0.29, 0.717) is 12.0 Å². The van der Waals surface area contributed by atoms with E-state index in [-0.39, 0.29) is 12.0 Å². The van der Waals surface area contributed by atoms with Gasteiger partial charge in [-0.25, -0.2) is 0 Å². The van der Waals surface area contributed by atoms with Crippen LogP contribution in [0.1, 0.15) is 18.4 Å². The van der Waals surface area contributed by atoms with Gasteiger partial charge in [-0.1, -0.05) is 24.3 Å². The van der Waals surface area contributed by atoms with Gasteiger partial charge in [0.25, 0.3) is 0 Å². The molecule has 1 heterocycles. The second-order valence-corrected chi connectivity index (χ2v) is 4.72. The smallest absolute Gasteiger partial charge is 0.468 e. The molecule has 1 aliphatic rings. The molecule has 0 aromatic heterocycles. The average molecular weight is 263 g/mol. The molecule has 1 aromatic carbocycles. The van der Waals surface area contributed by atoms with Crippen molar-refractivity contribution in [3.05, 3.63) is 29.8 Å². The van der Waals surface area contributed by atoms with Crippen LogP contribution in [0.15, 0.2) is 24.3 Å². The van der Waals surface area contributed by atoms with Gasteiger partial charge in [-0.2, -0.15) is 0 Å². The third kappa shape index (κ3) is 3.15. The zero-order valence-corrected chi connectivity index (χ0v) is 11.0. The van der Waals surface area contributed by atoms with Crippen LogP contribution in [0.2, 0.25) is 0 Å². The first-order chi connectivity index (χ1) is 9.13. The molecule has 0 spiro atoms. The molecule has 1 saturated heterocycles. The molecule has 0 saturated carbocycles. The molecule has 5 nitrogen and oxygen atoms in total. The van der Waals surface area contributed by atoms with Gasteiger partial charge in [0.1, 0.15) is 6.04 Å². The molecule has 0 radical (unpaired) electrons. The van der Waals surface area contributed by atoms with Gasteiger partial charge in [-0.15, -0.1) is 0 Å². The van der Waals surface area contributed by atoms with Gasteiger partial charge in [0.05, 0.1) is 7.11 Å². The van der Waals surface area contributed by atoms with Crippen LogP contribution in [-0.2, 0) is 16.1 Å². The predicted octanol–water partition coefficient (Wildman–Crippen LogP) is -0.496. The Kier molecular flexibility index (Phi) is 4.58. The summed E-state index contributed by atoms with van der Waals surface area (Å²) in [4.78, 5) is 13.7. The highest BCUT2D eigenvalue weighted by atomic mass is 16.5. The zero-order valence-electron chi connectivity index (χ0n) is 11.0. The van der Waals surface area contributed by atoms with Crippen LogP contribution in [0.25, 0.3) is 0 Å². The summed E-state index contributed by atoms with van der Waals surface area (Å²) in [5, 5.41) is 18.7. The molecule has 6 heteroatoms. The Morgan fingerprint density at radius 2 is 2.21 bits per heavy atom. The van der Waals surface area contributed by atoms with Gasteiger partial charge >= 0.3 is 13.1 Å². The van der Waals surface area contributed by atoms with Crippen molar-refractivity contribution >= 4 is 18.6 Å². The number of ether oxygens (including phenoxy) is 1. The lowest BCUT2D eigenvalue weighted by Crippen LogP contribution is -2.40. The minimum absolute atomic E-state index is 0.223. The van der Waals surface area contributed by atoms with Gasteiger partial charge in [-0.05, 0) is 30.4 Å². The molecule has 0 unspecified atom stereocenters. The molecule has 102 valence electrons. The predicted molar refractivity (Wildman–Crippen MR) is 71.7 cm³/mol. The van der Waals surface area contributed by atoms with E-state index < -0.39 is 7.12 Å². The molecule has 0 aliphatic carbocycles. The number of benzene rings is 1. The molecule has 2 N–H and O–H groups in total.